The highest BCUT2D eigenvalue weighted by molar-refractivity contribution is 5.75. The molecule has 2 amide bonds. The highest BCUT2D eigenvalue weighted by Gasteiger charge is 2.47. The summed E-state index contributed by atoms with van der Waals surface area (Å²) in [6.45, 7) is 5.41. The average molecular weight is 439 g/mol. The van der Waals surface area contributed by atoms with Gasteiger partial charge in [0.2, 0.25) is 0 Å². The SMILES string of the molecule is CCNC(=O)N1CCC2(CCn3nc(C4C=NC(N)=C(OCc5cnn(C)c5)C4)cc32)C1. The third-order valence-electron chi connectivity index (χ3n) is 6.75. The van der Waals surface area contributed by atoms with Crippen LogP contribution in [0.3, 0.4) is 0 Å². The van der Waals surface area contributed by atoms with Gasteiger partial charge in [-0.25, -0.2) is 9.79 Å². The number of amides is 2. The maximum atomic E-state index is 12.3. The van der Waals surface area contributed by atoms with Crippen molar-refractivity contribution in [1.29, 1.82) is 0 Å². The van der Waals surface area contributed by atoms with Crippen molar-refractivity contribution in [2.75, 3.05) is 19.6 Å². The Bertz CT molecular complexity index is 1080. The lowest BCUT2D eigenvalue weighted by Gasteiger charge is -2.23. The van der Waals surface area contributed by atoms with E-state index in [1.165, 1.54) is 5.69 Å². The normalized spacial score (nSPS) is 24.4. The predicted octanol–water partition coefficient (Wildman–Crippen LogP) is 1.60. The zero-order valence-corrected chi connectivity index (χ0v) is 18.6. The van der Waals surface area contributed by atoms with Crippen LogP contribution >= 0.6 is 0 Å². The molecule has 10 nitrogen and oxygen atoms in total. The first-order valence-electron chi connectivity index (χ1n) is 11.2. The smallest absolute Gasteiger partial charge is 0.317 e. The Hall–Kier alpha value is -3.30. The van der Waals surface area contributed by atoms with Crippen LogP contribution in [0.2, 0.25) is 0 Å². The minimum absolute atomic E-state index is 0.00333. The zero-order chi connectivity index (χ0) is 22.3. The van der Waals surface area contributed by atoms with E-state index in [0.717, 1.165) is 43.7 Å². The molecule has 0 radical (unpaired) electrons. The topological polar surface area (TPSA) is 116 Å². The molecule has 2 unspecified atom stereocenters. The summed E-state index contributed by atoms with van der Waals surface area (Å²) in [4.78, 5) is 18.6. The van der Waals surface area contributed by atoms with Crippen LogP contribution in [0.15, 0.2) is 35.0 Å². The van der Waals surface area contributed by atoms with E-state index in [1.807, 2.05) is 31.3 Å². The van der Waals surface area contributed by atoms with Crippen LogP contribution in [0.4, 0.5) is 4.79 Å². The van der Waals surface area contributed by atoms with E-state index in [9.17, 15) is 4.79 Å². The third-order valence-corrected chi connectivity index (χ3v) is 6.75. The lowest BCUT2D eigenvalue weighted by molar-refractivity contribution is 0.182. The van der Waals surface area contributed by atoms with Crippen LogP contribution in [0.1, 0.15) is 49.1 Å². The molecular formula is C22H30N8O2. The van der Waals surface area contributed by atoms with Crippen LogP contribution < -0.4 is 11.1 Å². The van der Waals surface area contributed by atoms with E-state index in [4.69, 9.17) is 15.6 Å². The maximum Gasteiger partial charge on any atom is 0.317 e. The molecule has 0 aromatic carbocycles. The number of nitrogens with one attached hydrogen (secondary N) is 1. The van der Waals surface area contributed by atoms with Gasteiger partial charge in [-0.2, -0.15) is 10.2 Å². The molecule has 1 saturated heterocycles. The lowest BCUT2D eigenvalue weighted by atomic mass is 9.82. The fourth-order valence-electron chi connectivity index (χ4n) is 5.02. The standard InChI is InChI=1S/C22H30N8O2/c1-3-24-21(31)29-6-4-22(14-29)5-7-30-19(22)9-17(27-30)16-8-18(20(23)25-11-16)32-13-15-10-26-28(2)12-15/h9-12,16H,3-8,13-14,23H2,1-2H3,(H,24,31). The van der Waals surface area contributed by atoms with Crippen molar-refractivity contribution in [3.63, 3.8) is 0 Å². The van der Waals surface area contributed by atoms with Crippen molar-refractivity contribution in [1.82, 2.24) is 29.8 Å². The largest absolute Gasteiger partial charge is 0.489 e. The first-order chi connectivity index (χ1) is 15.5. The number of likely N-dealkylation sites (tertiary alicyclic amines) is 1. The summed E-state index contributed by atoms with van der Waals surface area (Å²) >= 11 is 0. The number of allylic oxidation sites excluding steroid dienone is 1. The summed E-state index contributed by atoms with van der Waals surface area (Å²) in [5.74, 6) is 1.12. The third kappa shape index (κ3) is 3.63. The monoisotopic (exact) mass is 438 g/mol. The van der Waals surface area contributed by atoms with Gasteiger partial charge >= 0.3 is 6.03 Å². The summed E-state index contributed by atoms with van der Waals surface area (Å²) in [7, 11) is 1.88. The van der Waals surface area contributed by atoms with Crippen molar-refractivity contribution >= 4 is 12.2 Å². The number of aliphatic imine (C=N–C) groups is 1. The molecule has 0 aliphatic carbocycles. The molecule has 170 valence electrons. The number of ether oxygens (including phenoxy) is 1. The van der Waals surface area contributed by atoms with Crippen molar-refractivity contribution in [3.05, 3.63) is 47.0 Å². The molecule has 32 heavy (non-hydrogen) atoms. The summed E-state index contributed by atoms with van der Waals surface area (Å²) in [6, 6.07) is 2.23. The minimum atomic E-state index is -0.00333. The van der Waals surface area contributed by atoms with Gasteiger partial charge in [0.05, 0.1) is 11.9 Å². The van der Waals surface area contributed by atoms with E-state index in [0.29, 0.717) is 31.2 Å². The number of aromatic nitrogens is 4. The van der Waals surface area contributed by atoms with Crippen molar-refractivity contribution in [2.45, 2.75) is 50.7 Å². The number of hydrogen-bond acceptors (Lipinski definition) is 6. The van der Waals surface area contributed by atoms with Gasteiger partial charge in [-0.1, -0.05) is 0 Å². The minimum Gasteiger partial charge on any atom is -0.489 e. The van der Waals surface area contributed by atoms with Crippen LogP contribution in [0.25, 0.3) is 0 Å². The van der Waals surface area contributed by atoms with Gasteiger partial charge in [0, 0.05) is 74.6 Å². The molecule has 0 saturated carbocycles. The molecule has 3 aliphatic rings. The first-order valence-corrected chi connectivity index (χ1v) is 11.2. The molecule has 1 fully saturated rings. The Morgan fingerprint density at radius 2 is 2.22 bits per heavy atom. The lowest BCUT2D eigenvalue weighted by Crippen LogP contribution is -2.40. The molecule has 2 aromatic rings. The predicted molar refractivity (Wildman–Crippen MR) is 119 cm³/mol. The zero-order valence-electron chi connectivity index (χ0n) is 18.6. The van der Waals surface area contributed by atoms with Crippen molar-refractivity contribution < 1.29 is 9.53 Å². The Morgan fingerprint density at radius 1 is 1.38 bits per heavy atom. The van der Waals surface area contributed by atoms with Gasteiger partial charge in [-0.15, -0.1) is 0 Å². The molecule has 5 heterocycles. The number of rotatable bonds is 5. The van der Waals surface area contributed by atoms with Gasteiger partial charge in [0.15, 0.2) is 5.82 Å². The molecule has 3 aliphatic heterocycles. The summed E-state index contributed by atoms with van der Waals surface area (Å²) in [6.07, 6.45) is 8.20. The number of fused-ring (bicyclic) bond motifs is 2. The number of urea groups is 1. The highest BCUT2D eigenvalue weighted by Crippen LogP contribution is 2.43. The number of carbonyl (C=O) groups is 1. The molecule has 5 rings (SSSR count). The number of carbonyl (C=O) groups excluding carboxylic acids is 1. The number of aryl methyl sites for hydroxylation is 2. The fourth-order valence-corrected chi connectivity index (χ4v) is 5.02. The van der Waals surface area contributed by atoms with E-state index >= 15 is 0 Å². The molecule has 2 aromatic heterocycles. The molecule has 3 N–H and O–H groups in total. The Balaban J connectivity index is 1.29. The Morgan fingerprint density at radius 3 is 3.00 bits per heavy atom. The number of nitrogens with zero attached hydrogens (tertiary/aromatic N) is 6. The second-order valence-electron chi connectivity index (χ2n) is 8.92. The molecule has 2 atom stereocenters. The molecular weight excluding hydrogens is 408 g/mol. The van der Waals surface area contributed by atoms with Crippen molar-refractivity contribution in [3.8, 4) is 0 Å². The summed E-state index contributed by atoms with van der Waals surface area (Å²) < 4.78 is 9.84. The second-order valence-corrected chi connectivity index (χ2v) is 8.92. The number of nitrogens with two attached hydrogens (primary N) is 1. The van der Waals surface area contributed by atoms with Gasteiger partial charge in [0.25, 0.3) is 0 Å². The van der Waals surface area contributed by atoms with Crippen LogP contribution in [-0.2, 0) is 30.4 Å². The van der Waals surface area contributed by atoms with Crippen LogP contribution in [0.5, 0.6) is 0 Å². The van der Waals surface area contributed by atoms with Gasteiger partial charge < -0.3 is 20.7 Å². The van der Waals surface area contributed by atoms with E-state index in [2.05, 4.69) is 26.2 Å². The fraction of sp³-hybridized carbons (Fsp3) is 0.545. The highest BCUT2D eigenvalue weighted by atomic mass is 16.5. The van der Waals surface area contributed by atoms with Gasteiger partial charge in [0.1, 0.15) is 12.4 Å². The quantitative estimate of drug-likeness (QED) is 0.736. The van der Waals surface area contributed by atoms with Crippen molar-refractivity contribution in [2.24, 2.45) is 17.8 Å². The molecule has 0 bridgehead atoms. The summed E-state index contributed by atoms with van der Waals surface area (Å²) in [5.41, 5.74) is 9.28. The molecule has 10 heteroatoms. The van der Waals surface area contributed by atoms with Gasteiger partial charge in [-0.3, -0.25) is 9.36 Å². The van der Waals surface area contributed by atoms with Crippen LogP contribution in [0, 0.1) is 0 Å². The average Bonchev–Trinajstić information content (AvgIpc) is 3.54. The van der Waals surface area contributed by atoms with E-state index in [-0.39, 0.29) is 17.4 Å². The summed E-state index contributed by atoms with van der Waals surface area (Å²) in [5, 5.41) is 12.0. The molecule has 1 spiro atoms. The van der Waals surface area contributed by atoms with E-state index < -0.39 is 0 Å². The number of hydrogen-bond donors (Lipinski definition) is 2. The Labute approximate surface area is 187 Å². The Kier molecular flexibility index (Phi) is 5.15. The maximum absolute atomic E-state index is 12.3. The van der Waals surface area contributed by atoms with Crippen LogP contribution in [-0.4, -0.2) is 56.3 Å². The first kappa shape index (κ1) is 20.6. The van der Waals surface area contributed by atoms with Gasteiger partial charge in [-0.05, 0) is 25.8 Å². The second kappa shape index (κ2) is 7.99. The van der Waals surface area contributed by atoms with E-state index in [1.54, 1.807) is 10.9 Å².